The van der Waals surface area contributed by atoms with Crippen LogP contribution in [-0.2, 0) is 17.8 Å². The summed E-state index contributed by atoms with van der Waals surface area (Å²) in [5.41, 5.74) is 2.48. The van der Waals surface area contributed by atoms with Crippen LogP contribution in [0, 0.1) is 0 Å². The molecule has 154 valence electrons. The second-order valence-electron chi connectivity index (χ2n) is 6.68. The molecule has 0 saturated carbocycles. The number of para-hydroxylation sites is 1. The molecular weight excluding hydrogens is 400 g/mol. The van der Waals surface area contributed by atoms with Crippen LogP contribution in [0.3, 0.4) is 0 Å². The third-order valence-electron chi connectivity index (χ3n) is 4.44. The number of hydrogen-bond donors (Lipinski definition) is 2. The fraction of sp³-hybridized carbons (Fsp3) is 0.167. The number of ether oxygens (including phenoxy) is 1. The molecule has 3 aromatic rings. The quantitative estimate of drug-likeness (QED) is 0.547. The Morgan fingerprint density at radius 3 is 2.27 bits per heavy atom. The van der Waals surface area contributed by atoms with Gasteiger partial charge in [0.2, 0.25) is 0 Å². The van der Waals surface area contributed by atoms with Gasteiger partial charge in [-0.1, -0.05) is 66.2 Å². The van der Waals surface area contributed by atoms with Gasteiger partial charge in [-0.05, 0) is 41.8 Å². The standard InChI is InChI=1S/C24H23ClN2O3/c25-20-12-10-18(11-13-20)14-15-26-23(28)17-30-22-9-5-4-8-21(22)24(29)27-16-19-6-2-1-3-7-19/h1-13H,14-17H2,(H,26,28)(H,27,29). The van der Waals surface area contributed by atoms with Crippen molar-refractivity contribution in [1.82, 2.24) is 10.6 Å². The maximum absolute atomic E-state index is 12.5. The lowest BCUT2D eigenvalue weighted by Crippen LogP contribution is -2.31. The zero-order valence-corrected chi connectivity index (χ0v) is 17.2. The topological polar surface area (TPSA) is 67.4 Å². The number of halogens is 1. The van der Waals surface area contributed by atoms with E-state index in [2.05, 4.69) is 10.6 Å². The minimum Gasteiger partial charge on any atom is -0.483 e. The van der Waals surface area contributed by atoms with E-state index in [9.17, 15) is 9.59 Å². The van der Waals surface area contributed by atoms with Gasteiger partial charge < -0.3 is 15.4 Å². The van der Waals surface area contributed by atoms with Crippen molar-refractivity contribution >= 4 is 23.4 Å². The van der Waals surface area contributed by atoms with Gasteiger partial charge in [-0.15, -0.1) is 0 Å². The molecule has 0 aliphatic heterocycles. The molecule has 2 amide bonds. The van der Waals surface area contributed by atoms with E-state index < -0.39 is 0 Å². The van der Waals surface area contributed by atoms with Gasteiger partial charge in [-0.25, -0.2) is 0 Å². The Balaban J connectivity index is 1.47. The van der Waals surface area contributed by atoms with E-state index in [1.807, 2.05) is 54.6 Å². The Kier molecular flexibility index (Phi) is 7.86. The molecule has 0 heterocycles. The summed E-state index contributed by atoms with van der Waals surface area (Å²) in [5, 5.41) is 6.37. The van der Waals surface area contributed by atoms with Crippen molar-refractivity contribution in [3.8, 4) is 5.75 Å². The minimum atomic E-state index is -0.252. The molecule has 0 spiro atoms. The Labute approximate surface area is 181 Å². The molecule has 0 aromatic heterocycles. The Hall–Kier alpha value is -3.31. The summed E-state index contributed by atoms with van der Waals surface area (Å²) in [6.45, 7) is 0.742. The average Bonchev–Trinajstić information content (AvgIpc) is 2.78. The van der Waals surface area contributed by atoms with Gasteiger partial charge in [-0.3, -0.25) is 9.59 Å². The Morgan fingerprint density at radius 1 is 0.800 bits per heavy atom. The lowest BCUT2D eigenvalue weighted by Gasteiger charge is -2.12. The van der Waals surface area contributed by atoms with Crippen molar-refractivity contribution in [2.24, 2.45) is 0 Å². The van der Waals surface area contributed by atoms with Gasteiger partial charge >= 0.3 is 0 Å². The van der Waals surface area contributed by atoms with Crippen LogP contribution in [0.1, 0.15) is 21.5 Å². The van der Waals surface area contributed by atoms with E-state index in [4.69, 9.17) is 16.3 Å². The highest BCUT2D eigenvalue weighted by molar-refractivity contribution is 6.30. The molecule has 0 unspecified atom stereocenters. The number of rotatable bonds is 9. The van der Waals surface area contributed by atoms with E-state index in [-0.39, 0.29) is 18.4 Å². The number of carbonyl (C=O) groups excluding carboxylic acids is 2. The normalized spacial score (nSPS) is 10.3. The Bertz CT molecular complexity index is 975. The van der Waals surface area contributed by atoms with Crippen LogP contribution in [0.2, 0.25) is 5.02 Å². The third-order valence-corrected chi connectivity index (χ3v) is 4.69. The molecule has 3 aromatic carbocycles. The van der Waals surface area contributed by atoms with E-state index >= 15 is 0 Å². The van der Waals surface area contributed by atoms with Crippen LogP contribution in [0.4, 0.5) is 0 Å². The third kappa shape index (κ3) is 6.64. The van der Waals surface area contributed by atoms with E-state index in [0.29, 0.717) is 35.8 Å². The first-order valence-electron chi connectivity index (χ1n) is 9.67. The molecule has 6 heteroatoms. The van der Waals surface area contributed by atoms with Gasteiger partial charge in [0.25, 0.3) is 11.8 Å². The molecule has 0 aliphatic rings. The van der Waals surface area contributed by atoms with Crippen molar-refractivity contribution in [3.05, 3.63) is 101 Å². The molecule has 3 rings (SSSR count). The summed E-state index contributed by atoms with van der Waals surface area (Å²) in [7, 11) is 0. The molecule has 0 fully saturated rings. The van der Waals surface area contributed by atoms with Crippen LogP contribution in [0.15, 0.2) is 78.9 Å². The number of hydrogen-bond acceptors (Lipinski definition) is 3. The largest absolute Gasteiger partial charge is 0.483 e. The van der Waals surface area contributed by atoms with Crippen LogP contribution in [-0.4, -0.2) is 25.0 Å². The van der Waals surface area contributed by atoms with Crippen molar-refractivity contribution in [2.75, 3.05) is 13.2 Å². The zero-order chi connectivity index (χ0) is 21.2. The zero-order valence-electron chi connectivity index (χ0n) is 16.4. The number of benzene rings is 3. The summed E-state index contributed by atoms with van der Waals surface area (Å²) in [4.78, 5) is 24.6. The first kappa shape index (κ1) is 21.4. The predicted molar refractivity (Wildman–Crippen MR) is 118 cm³/mol. The fourth-order valence-corrected chi connectivity index (χ4v) is 2.97. The molecule has 0 bridgehead atoms. The first-order chi connectivity index (χ1) is 14.6. The van der Waals surface area contributed by atoms with E-state index in [0.717, 1.165) is 11.1 Å². The van der Waals surface area contributed by atoms with Crippen molar-refractivity contribution in [3.63, 3.8) is 0 Å². The molecule has 30 heavy (non-hydrogen) atoms. The van der Waals surface area contributed by atoms with E-state index in [1.54, 1.807) is 24.3 Å². The fourth-order valence-electron chi connectivity index (χ4n) is 2.85. The van der Waals surface area contributed by atoms with Gasteiger partial charge in [0.05, 0.1) is 5.56 Å². The van der Waals surface area contributed by atoms with Crippen LogP contribution >= 0.6 is 11.6 Å². The van der Waals surface area contributed by atoms with Gasteiger partial charge in [0.15, 0.2) is 6.61 Å². The summed E-state index contributed by atoms with van der Waals surface area (Å²) in [6, 6.07) is 24.0. The van der Waals surface area contributed by atoms with Gasteiger partial charge in [0, 0.05) is 18.1 Å². The Morgan fingerprint density at radius 2 is 1.50 bits per heavy atom. The molecular formula is C24H23ClN2O3. The van der Waals surface area contributed by atoms with Gasteiger partial charge in [0.1, 0.15) is 5.75 Å². The minimum absolute atomic E-state index is 0.163. The predicted octanol–water partition coefficient (Wildman–Crippen LogP) is 4.01. The monoisotopic (exact) mass is 422 g/mol. The lowest BCUT2D eigenvalue weighted by molar-refractivity contribution is -0.123. The molecule has 2 N–H and O–H groups in total. The number of nitrogens with one attached hydrogen (secondary N) is 2. The maximum atomic E-state index is 12.5. The van der Waals surface area contributed by atoms with Crippen LogP contribution in [0.5, 0.6) is 5.75 Å². The van der Waals surface area contributed by atoms with Crippen LogP contribution in [0.25, 0.3) is 0 Å². The summed E-state index contributed by atoms with van der Waals surface area (Å²) in [6.07, 6.45) is 0.696. The number of amides is 2. The number of carbonyl (C=O) groups is 2. The highest BCUT2D eigenvalue weighted by atomic mass is 35.5. The van der Waals surface area contributed by atoms with E-state index in [1.165, 1.54) is 0 Å². The van der Waals surface area contributed by atoms with Crippen LogP contribution < -0.4 is 15.4 Å². The van der Waals surface area contributed by atoms with Crippen molar-refractivity contribution < 1.29 is 14.3 Å². The molecule has 0 radical (unpaired) electrons. The summed E-state index contributed by atoms with van der Waals surface area (Å²) in [5.74, 6) is -0.128. The molecule has 0 aliphatic carbocycles. The molecule has 5 nitrogen and oxygen atoms in total. The highest BCUT2D eigenvalue weighted by Crippen LogP contribution is 2.18. The second kappa shape index (κ2) is 11.0. The summed E-state index contributed by atoms with van der Waals surface area (Å²) >= 11 is 5.87. The smallest absolute Gasteiger partial charge is 0.257 e. The van der Waals surface area contributed by atoms with Crippen molar-refractivity contribution in [2.45, 2.75) is 13.0 Å². The lowest BCUT2D eigenvalue weighted by atomic mass is 10.1. The maximum Gasteiger partial charge on any atom is 0.257 e. The summed E-state index contributed by atoms with van der Waals surface area (Å²) < 4.78 is 5.60. The molecule has 0 saturated heterocycles. The molecule has 0 atom stereocenters. The first-order valence-corrected chi connectivity index (χ1v) is 10.0. The highest BCUT2D eigenvalue weighted by Gasteiger charge is 2.13. The van der Waals surface area contributed by atoms with Gasteiger partial charge in [-0.2, -0.15) is 0 Å². The SMILES string of the molecule is O=C(COc1ccccc1C(=O)NCc1ccccc1)NCCc1ccc(Cl)cc1. The second-order valence-corrected chi connectivity index (χ2v) is 7.12. The average molecular weight is 423 g/mol. The van der Waals surface area contributed by atoms with Crippen molar-refractivity contribution in [1.29, 1.82) is 0 Å².